The Labute approximate surface area is 152 Å². The van der Waals surface area contributed by atoms with E-state index >= 15 is 0 Å². The van der Waals surface area contributed by atoms with Gasteiger partial charge in [-0.3, -0.25) is 4.79 Å². The van der Waals surface area contributed by atoms with Crippen molar-refractivity contribution in [2.45, 2.75) is 27.7 Å². The summed E-state index contributed by atoms with van der Waals surface area (Å²) in [4.78, 5) is 28.1. The van der Waals surface area contributed by atoms with Gasteiger partial charge in [0.15, 0.2) is 0 Å². The van der Waals surface area contributed by atoms with Crippen molar-refractivity contribution in [1.29, 1.82) is 0 Å². The number of benzene rings is 2. The number of amides is 1. The number of aromatic nitrogens is 1. The summed E-state index contributed by atoms with van der Waals surface area (Å²) in [7, 11) is 1.32. The van der Waals surface area contributed by atoms with Gasteiger partial charge >= 0.3 is 5.97 Å². The molecule has 1 heterocycles. The van der Waals surface area contributed by atoms with E-state index in [2.05, 4.69) is 10.3 Å². The number of rotatable bonds is 3. The number of H-pyrrole nitrogens is 1. The first-order valence-corrected chi connectivity index (χ1v) is 8.41. The molecule has 1 amide bonds. The average molecular weight is 350 g/mol. The summed E-state index contributed by atoms with van der Waals surface area (Å²) < 4.78 is 4.86. The molecule has 134 valence electrons. The molecule has 5 nitrogen and oxygen atoms in total. The third-order valence-electron chi connectivity index (χ3n) is 4.67. The van der Waals surface area contributed by atoms with Gasteiger partial charge in [-0.25, -0.2) is 4.79 Å². The van der Waals surface area contributed by atoms with Gasteiger partial charge in [0, 0.05) is 16.5 Å². The third kappa shape index (κ3) is 3.08. The van der Waals surface area contributed by atoms with Crippen LogP contribution in [-0.4, -0.2) is 24.0 Å². The Morgan fingerprint density at radius 3 is 2.35 bits per heavy atom. The Morgan fingerprint density at radius 2 is 1.65 bits per heavy atom. The SMILES string of the molecule is COC(=O)c1[nH]c2ccc(C)cc2c1NC(=O)c1cc(C)c(C)cc1C. The van der Waals surface area contributed by atoms with E-state index in [4.69, 9.17) is 4.74 Å². The summed E-state index contributed by atoms with van der Waals surface area (Å²) >= 11 is 0. The average Bonchev–Trinajstić information content (AvgIpc) is 2.95. The fourth-order valence-corrected chi connectivity index (χ4v) is 3.08. The minimum Gasteiger partial charge on any atom is -0.464 e. The number of nitrogens with one attached hydrogen (secondary N) is 2. The van der Waals surface area contributed by atoms with Crippen LogP contribution in [-0.2, 0) is 4.74 Å². The molecule has 1 aromatic heterocycles. The molecule has 2 aromatic carbocycles. The molecule has 0 bridgehead atoms. The summed E-state index contributed by atoms with van der Waals surface area (Å²) in [6, 6.07) is 9.62. The number of hydrogen-bond acceptors (Lipinski definition) is 3. The summed E-state index contributed by atoms with van der Waals surface area (Å²) in [5.41, 5.74) is 6.14. The summed E-state index contributed by atoms with van der Waals surface area (Å²) in [5.74, 6) is -0.774. The topological polar surface area (TPSA) is 71.2 Å². The Morgan fingerprint density at radius 1 is 0.962 bits per heavy atom. The lowest BCUT2D eigenvalue weighted by atomic mass is 10.00. The molecule has 3 rings (SSSR count). The van der Waals surface area contributed by atoms with Crippen molar-refractivity contribution in [3.05, 3.63) is 63.8 Å². The van der Waals surface area contributed by atoms with Crippen molar-refractivity contribution in [2.24, 2.45) is 0 Å². The predicted molar refractivity (Wildman–Crippen MR) is 103 cm³/mol. The number of ether oxygens (including phenoxy) is 1. The lowest BCUT2D eigenvalue weighted by Crippen LogP contribution is -2.16. The number of aryl methyl sites for hydroxylation is 4. The van der Waals surface area contributed by atoms with Crippen molar-refractivity contribution in [3.8, 4) is 0 Å². The highest BCUT2D eigenvalue weighted by molar-refractivity contribution is 6.15. The van der Waals surface area contributed by atoms with E-state index in [1.807, 2.05) is 58.0 Å². The third-order valence-corrected chi connectivity index (χ3v) is 4.67. The highest BCUT2D eigenvalue weighted by Crippen LogP contribution is 2.30. The summed E-state index contributed by atoms with van der Waals surface area (Å²) in [5, 5.41) is 3.69. The summed E-state index contributed by atoms with van der Waals surface area (Å²) in [6.07, 6.45) is 0. The van der Waals surface area contributed by atoms with E-state index in [-0.39, 0.29) is 11.6 Å². The normalized spacial score (nSPS) is 10.8. The van der Waals surface area contributed by atoms with Crippen LogP contribution in [0.3, 0.4) is 0 Å². The van der Waals surface area contributed by atoms with Gasteiger partial charge in [-0.1, -0.05) is 17.7 Å². The molecule has 0 aliphatic rings. The second-order valence-electron chi connectivity index (χ2n) is 6.62. The summed E-state index contributed by atoms with van der Waals surface area (Å²) in [6.45, 7) is 7.85. The largest absolute Gasteiger partial charge is 0.464 e. The fraction of sp³-hybridized carbons (Fsp3) is 0.238. The second kappa shape index (κ2) is 6.67. The van der Waals surface area contributed by atoms with E-state index in [0.717, 1.165) is 33.2 Å². The van der Waals surface area contributed by atoms with Crippen LogP contribution in [0.25, 0.3) is 10.9 Å². The molecule has 0 spiro atoms. The van der Waals surface area contributed by atoms with Gasteiger partial charge in [-0.2, -0.15) is 0 Å². The van der Waals surface area contributed by atoms with E-state index in [1.54, 1.807) is 0 Å². The van der Waals surface area contributed by atoms with Gasteiger partial charge in [0.2, 0.25) is 0 Å². The molecule has 0 aliphatic carbocycles. The number of hydrogen-bond donors (Lipinski definition) is 2. The first kappa shape index (κ1) is 17.7. The minimum atomic E-state index is -0.522. The zero-order valence-electron chi connectivity index (χ0n) is 15.6. The molecule has 0 aliphatic heterocycles. The maximum Gasteiger partial charge on any atom is 0.356 e. The van der Waals surface area contributed by atoms with Crippen LogP contribution in [0, 0.1) is 27.7 Å². The number of fused-ring (bicyclic) bond motifs is 1. The van der Waals surface area contributed by atoms with E-state index in [9.17, 15) is 9.59 Å². The van der Waals surface area contributed by atoms with Crippen LogP contribution in [0.5, 0.6) is 0 Å². The van der Waals surface area contributed by atoms with E-state index < -0.39 is 5.97 Å². The molecule has 0 fully saturated rings. The smallest absolute Gasteiger partial charge is 0.356 e. The Kier molecular flexibility index (Phi) is 4.55. The molecule has 0 saturated carbocycles. The molecular weight excluding hydrogens is 328 g/mol. The molecule has 2 N–H and O–H groups in total. The molecule has 0 unspecified atom stereocenters. The number of anilines is 1. The van der Waals surface area contributed by atoms with Crippen LogP contribution in [0.4, 0.5) is 5.69 Å². The molecule has 0 saturated heterocycles. The first-order valence-electron chi connectivity index (χ1n) is 8.41. The van der Waals surface area contributed by atoms with Gasteiger partial charge in [0.1, 0.15) is 5.69 Å². The minimum absolute atomic E-state index is 0.239. The van der Waals surface area contributed by atoms with Crippen molar-refractivity contribution in [3.63, 3.8) is 0 Å². The van der Waals surface area contributed by atoms with Crippen molar-refractivity contribution >= 4 is 28.5 Å². The van der Waals surface area contributed by atoms with E-state index in [0.29, 0.717) is 11.3 Å². The quantitative estimate of drug-likeness (QED) is 0.686. The first-order chi connectivity index (χ1) is 12.3. The van der Waals surface area contributed by atoms with Gasteiger partial charge in [0.05, 0.1) is 12.8 Å². The highest BCUT2D eigenvalue weighted by atomic mass is 16.5. The van der Waals surface area contributed by atoms with Crippen LogP contribution in [0.15, 0.2) is 30.3 Å². The Bertz CT molecular complexity index is 1030. The predicted octanol–water partition coefficient (Wildman–Crippen LogP) is 4.44. The maximum absolute atomic E-state index is 12.9. The lowest BCUT2D eigenvalue weighted by molar-refractivity contribution is 0.0596. The van der Waals surface area contributed by atoms with E-state index in [1.165, 1.54) is 7.11 Å². The van der Waals surface area contributed by atoms with Gasteiger partial charge in [-0.15, -0.1) is 0 Å². The number of aromatic amines is 1. The highest BCUT2D eigenvalue weighted by Gasteiger charge is 2.21. The standard InChI is InChI=1S/C21H22N2O3/c1-11-6-7-17-16(8-11)18(19(22-17)21(25)26-5)23-20(24)15-10-13(3)12(2)9-14(15)4/h6-10,22H,1-5H3,(H,23,24). The number of esters is 1. The molecule has 0 radical (unpaired) electrons. The Balaban J connectivity index is 2.10. The Hall–Kier alpha value is -3.08. The van der Waals surface area contributed by atoms with Crippen molar-refractivity contribution in [2.75, 3.05) is 12.4 Å². The monoisotopic (exact) mass is 350 g/mol. The fourth-order valence-electron chi connectivity index (χ4n) is 3.08. The molecule has 0 atom stereocenters. The van der Waals surface area contributed by atoms with Gasteiger partial charge < -0.3 is 15.0 Å². The number of methoxy groups -OCH3 is 1. The van der Waals surface area contributed by atoms with Crippen LogP contribution in [0.2, 0.25) is 0 Å². The lowest BCUT2D eigenvalue weighted by Gasteiger charge is -2.11. The molecular formula is C21H22N2O3. The molecule has 5 heteroatoms. The van der Waals surface area contributed by atoms with Gasteiger partial charge in [0.25, 0.3) is 5.91 Å². The van der Waals surface area contributed by atoms with Crippen LogP contribution >= 0.6 is 0 Å². The number of carbonyl (C=O) groups is 2. The maximum atomic E-state index is 12.9. The molecule has 26 heavy (non-hydrogen) atoms. The van der Waals surface area contributed by atoms with Crippen LogP contribution in [0.1, 0.15) is 43.1 Å². The second-order valence-corrected chi connectivity index (χ2v) is 6.62. The zero-order chi connectivity index (χ0) is 19.0. The van der Waals surface area contributed by atoms with Gasteiger partial charge in [-0.05, 0) is 62.6 Å². The van der Waals surface area contributed by atoms with Crippen molar-refractivity contribution < 1.29 is 14.3 Å². The van der Waals surface area contributed by atoms with Crippen LogP contribution < -0.4 is 5.32 Å². The zero-order valence-corrected chi connectivity index (χ0v) is 15.6. The molecule has 3 aromatic rings. The number of carbonyl (C=O) groups excluding carboxylic acids is 2. The van der Waals surface area contributed by atoms with Crippen molar-refractivity contribution in [1.82, 2.24) is 4.98 Å².